The number of pyridine rings is 2. The third-order valence-corrected chi connectivity index (χ3v) is 3.18. The van der Waals surface area contributed by atoms with Crippen LogP contribution in [-0.2, 0) is 13.1 Å². The zero-order chi connectivity index (χ0) is 16.1. The van der Waals surface area contributed by atoms with Crippen molar-refractivity contribution in [2.45, 2.75) is 13.1 Å². The second-order valence-corrected chi connectivity index (χ2v) is 4.87. The molecule has 0 saturated carbocycles. The minimum absolute atomic E-state index is 0.0380. The summed E-state index contributed by atoms with van der Waals surface area (Å²) in [6.45, 7) is 0.660. The number of aromatic nitrogens is 3. The van der Waals surface area contributed by atoms with E-state index in [4.69, 9.17) is 10.2 Å². The molecule has 0 aromatic carbocycles. The predicted molar refractivity (Wildman–Crippen MR) is 83.0 cm³/mol. The van der Waals surface area contributed by atoms with Crippen LogP contribution in [0.2, 0.25) is 0 Å². The standard InChI is InChI=1S/C16H15N5O2/c17-16-20-9-14(23-16)15(22)21(10-12-5-1-3-7-18-12)11-13-6-2-4-8-19-13/h1-9H,10-11H2,(H2,17,20). The average molecular weight is 309 g/mol. The van der Waals surface area contributed by atoms with Crippen LogP contribution in [-0.4, -0.2) is 25.8 Å². The first-order valence-corrected chi connectivity index (χ1v) is 7.03. The highest BCUT2D eigenvalue weighted by Crippen LogP contribution is 2.14. The van der Waals surface area contributed by atoms with Crippen molar-refractivity contribution in [2.75, 3.05) is 5.73 Å². The van der Waals surface area contributed by atoms with Gasteiger partial charge in [-0.25, -0.2) is 4.98 Å². The molecule has 0 spiro atoms. The number of hydrogen-bond donors (Lipinski definition) is 1. The van der Waals surface area contributed by atoms with Crippen LogP contribution in [0.3, 0.4) is 0 Å². The van der Waals surface area contributed by atoms with Crippen LogP contribution in [0.15, 0.2) is 59.4 Å². The van der Waals surface area contributed by atoms with Crippen LogP contribution < -0.4 is 5.73 Å². The maximum atomic E-state index is 12.6. The molecule has 116 valence electrons. The lowest BCUT2D eigenvalue weighted by Gasteiger charge is -2.20. The molecule has 2 N–H and O–H groups in total. The van der Waals surface area contributed by atoms with Crippen LogP contribution in [0.25, 0.3) is 0 Å². The summed E-state index contributed by atoms with van der Waals surface area (Å²) in [6, 6.07) is 11.1. The fourth-order valence-electron chi connectivity index (χ4n) is 2.12. The van der Waals surface area contributed by atoms with E-state index in [1.165, 1.54) is 6.20 Å². The highest BCUT2D eigenvalue weighted by atomic mass is 16.4. The first kappa shape index (κ1) is 14.7. The average Bonchev–Trinajstić information content (AvgIpc) is 3.02. The summed E-state index contributed by atoms with van der Waals surface area (Å²) in [4.78, 5) is 26.5. The molecule has 0 aliphatic carbocycles. The SMILES string of the molecule is Nc1ncc(C(=O)N(Cc2ccccn2)Cc2ccccn2)o1. The second kappa shape index (κ2) is 6.69. The van der Waals surface area contributed by atoms with E-state index >= 15 is 0 Å². The van der Waals surface area contributed by atoms with Crippen molar-refractivity contribution in [1.29, 1.82) is 0 Å². The number of carbonyl (C=O) groups is 1. The van der Waals surface area contributed by atoms with Gasteiger partial charge in [0.15, 0.2) is 0 Å². The number of rotatable bonds is 5. The Hall–Kier alpha value is -3.22. The molecule has 0 aliphatic heterocycles. The minimum atomic E-state index is -0.314. The lowest BCUT2D eigenvalue weighted by molar-refractivity contribution is 0.0694. The number of oxazole rings is 1. The van der Waals surface area contributed by atoms with E-state index < -0.39 is 0 Å². The molecule has 3 aromatic rings. The number of nitrogen functional groups attached to an aromatic ring is 1. The quantitative estimate of drug-likeness (QED) is 0.773. The first-order chi connectivity index (χ1) is 11.2. The van der Waals surface area contributed by atoms with Crippen LogP contribution in [0.5, 0.6) is 0 Å². The molecule has 0 unspecified atom stereocenters. The van der Waals surface area contributed by atoms with E-state index in [2.05, 4.69) is 15.0 Å². The van der Waals surface area contributed by atoms with Gasteiger partial charge >= 0.3 is 0 Å². The molecule has 1 amide bonds. The molecule has 0 atom stereocenters. The van der Waals surface area contributed by atoms with E-state index in [1.54, 1.807) is 17.3 Å². The smallest absolute Gasteiger partial charge is 0.292 e. The molecular formula is C16H15N5O2. The van der Waals surface area contributed by atoms with Crippen LogP contribution in [0.1, 0.15) is 21.9 Å². The number of nitrogens with two attached hydrogens (primary N) is 1. The van der Waals surface area contributed by atoms with Gasteiger partial charge in [0.05, 0.1) is 30.7 Å². The molecule has 0 aliphatic rings. The maximum Gasteiger partial charge on any atom is 0.292 e. The largest absolute Gasteiger partial charge is 0.418 e. The molecule has 0 radical (unpaired) electrons. The summed E-state index contributed by atoms with van der Waals surface area (Å²) in [5.74, 6) is -0.222. The Balaban J connectivity index is 1.84. The van der Waals surface area contributed by atoms with Gasteiger partial charge in [0.1, 0.15) is 0 Å². The van der Waals surface area contributed by atoms with E-state index in [1.807, 2.05) is 36.4 Å². The van der Waals surface area contributed by atoms with Crippen molar-refractivity contribution in [1.82, 2.24) is 19.9 Å². The zero-order valence-corrected chi connectivity index (χ0v) is 12.3. The Kier molecular flexibility index (Phi) is 4.28. The third kappa shape index (κ3) is 3.70. The number of anilines is 1. The van der Waals surface area contributed by atoms with Crippen molar-refractivity contribution in [3.05, 3.63) is 72.1 Å². The molecule has 0 fully saturated rings. The summed E-state index contributed by atoms with van der Waals surface area (Å²) in [5.41, 5.74) is 6.98. The topological polar surface area (TPSA) is 98.1 Å². The van der Waals surface area contributed by atoms with Gasteiger partial charge < -0.3 is 15.1 Å². The lowest BCUT2D eigenvalue weighted by Crippen LogP contribution is -2.30. The Morgan fingerprint density at radius 3 is 2.04 bits per heavy atom. The molecule has 3 heterocycles. The zero-order valence-electron chi connectivity index (χ0n) is 12.3. The molecule has 3 rings (SSSR count). The molecule has 0 saturated heterocycles. The molecule has 0 bridgehead atoms. The highest BCUT2D eigenvalue weighted by Gasteiger charge is 2.21. The van der Waals surface area contributed by atoms with Gasteiger partial charge in [-0.15, -0.1) is 0 Å². The number of nitrogens with zero attached hydrogens (tertiary/aromatic N) is 4. The van der Waals surface area contributed by atoms with Crippen molar-refractivity contribution in [3.63, 3.8) is 0 Å². The van der Waals surface area contributed by atoms with Gasteiger partial charge in [0.25, 0.3) is 11.9 Å². The van der Waals surface area contributed by atoms with Gasteiger partial charge in [-0.2, -0.15) is 0 Å². The fourth-order valence-corrected chi connectivity index (χ4v) is 2.12. The molecule has 3 aromatic heterocycles. The monoisotopic (exact) mass is 309 g/mol. The molecule has 7 nitrogen and oxygen atoms in total. The fraction of sp³-hybridized carbons (Fsp3) is 0.125. The van der Waals surface area contributed by atoms with Gasteiger partial charge in [0.2, 0.25) is 5.76 Å². The van der Waals surface area contributed by atoms with E-state index in [9.17, 15) is 4.79 Å². The number of carbonyl (C=O) groups excluding carboxylic acids is 1. The maximum absolute atomic E-state index is 12.6. The van der Waals surface area contributed by atoms with Gasteiger partial charge in [0, 0.05) is 12.4 Å². The van der Waals surface area contributed by atoms with Gasteiger partial charge in [-0.3, -0.25) is 14.8 Å². The van der Waals surface area contributed by atoms with Gasteiger partial charge in [-0.05, 0) is 24.3 Å². The lowest BCUT2D eigenvalue weighted by atomic mass is 10.2. The minimum Gasteiger partial charge on any atom is -0.418 e. The normalized spacial score (nSPS) is 10.4. The third-order valence-electron chi connectivity index (χ3n) is 3.18. The Morgan fingerprint density at radius 2 is 1.61 bits per heavy atom. The summed E-state index contributed by atoms with van der Waals surface area (Å²) in [7, 11) is 0. The summed E-state index contributed by atoms with van der Waals surface area (Å²) in [6.07, 6.45) is 4.69. The Labute approximate surface area is 132 Å². The van der Waals surface area contributed by atoms with E-state index in [-0.39, 0.29) is 17.7 Å². The second-order valence-electron chi connectivity index (χ2n) is 4.87. The predicted octanol–water partition coefficient (Wildman–Crippen LogP) is 1.89. The molecular weight excluding hydrogens is 294 g/mol. The first-order valence-electron chi connectivity index (χ1n) is 7.03. The van der Waals surface area contributed by atoms with Crippen LogP contribution >= 0.6 is 0 Å². The van der Waals surface area contributed by atoms with Crippen molar-refractivity contribution in [3.8, 4) is 0 Å². The Morgan fingerprint density at radius 1 is 1.00 bits per heavy atom. The summed E-state index contributed by atoms with van der Waals surface area (Å²) < 4.78 is 5.14. The molecule has 23 heavy (non-hydrogen) atoms. The molecule has 7 heteroatoms. The highest BCUT2D eigenvalue weighted by molar-refractivity contribution is 5.91. The Bertz CT molecular complexity index is 732. The number of amides is 1. The van der Waals surface area contributed by atoms with Crippen LogP contribution in [0.4, 0.5) is 6.01 Å². The van der Waals surface area contributed by atoms with E-state index in [0.717, 1.165) is 11.4 Å². The van der Waals surface area contributed by atoms with Crippen LogP contribution in [0, 0.1) is 0 Å². The summed E-state index contributed by atoms with van der Waals surface area (Å²) in [5, 5.41) is 0. The van der Waals surface area contributed by atoms with Gasteiger partial charge in [-0.1, -0.05) is 12.1 Å². The van der Waals surface area contributed by atoms with E-state index in [0.29, 0.717) is 13.1 Å². The number of hydrogen-bond acceptors (Lipinski definition) is 6. The van der Waals surface area contributed by atoms with Crippen molar-refractivity contribution in [2.24, 2.45) is 0 Å². The van der Waals surface area contributed by atoms with Crippen molar-refractivity contribution < 1.29 is 9.21 Å². The summed E-state index contributed by atoms with van der Waals surface area (Å²) >= 11 is 0. The van der Waals surface area contributed by atoms with Crippen molar-refractivity contribution >= 4 is 11.9 Å².